The first kappa shape index (κ1) is 25.9. The van der Waals surface area contributed by atoms with E-state index in [0.29, 0.717) is 38.9 Å². The van der Waals surface area contributed by atoms with Crippen LogP contribution >= 0.6 is 39.7 Å². The number of hydrogen-bond donors (Lipinski definition) is 1. The maximum absolute atomic E-state index is 13.3. The van der Waals surface area contributed by atoms with E-state index < -0.39 is 11.8 Å². The molecule has 6 nitrogen and oxygen atoms in total. The Morgan fingerprint density at radius 3 is 2.50 bits per heavy atom. The molecule has 0 unspecified atom stereocenters. The van der Waals surface area contributed by atoms with Gasteiger partial charge in [-0.2, -0.15) is 0 Å². The predicted octanol–water partition coefficient (Wildman–Crippen LogP) is 6.22. The van der Waals surface area contributed by atoms with E-state index in [1.54, 1.807) is 30.3 Å². The lowest BCUT2D eigenvalue weighted by atomic mass is 10.1. The van der Waals surface area contributed by atoms with Gasteiger partial charge in [0.2, 0.25) is 0 Å². The second-order valence-electron chi connectivity index (χ2n) is 7.94. The SMILES string of the molecule is CCOc1cc(C=C2C(=O)NC(=S)N(c3ccc(C)cc3)C2=O)cc(Br)c1OCc1ccccc1Cl. The fourth-order valence-electron chi connectivity index (χ4n) is 3.59. The summed E-state index contributed by atoms with van der Waals surface area (Å²) in [5, 5.41) is 3.24. The average molecular weight is 586 g/mol. The molecule has 36 heavy (non-hydrogen) atoms. The first-order chi connectivity index (χ1) is 17.3. The van der Waals surface area contributed by atoms with E-state index in [1.165, 1.54) is 11.0 Å². The Balaban J connectivity index is 1.66. The van der Waals surface area contributed by atoms with Crippen molar-refractivity contribution in [2.45, 2.75) is 20.5 Å². The van der Waals surface area contributed by atoms with Crippen molar-refractivity contribution in [3.63, 3.8) is 0 Å². The van der Waals surface area contributed by atoms with Crippen molar-refractivity contribution in [2.75, 3.05) is 11.5 Å². The molecule has 1 heterocycles. The Hall–Kier alpha value is -3.20. The van der Waals surface area contributed by atoms with Gasteiger partial charge in [-0.15, -0.1) is 0 Å². The van der Waals surface area contributed by atoms with Gasteiger partial charge in [0, 0.05) is 10.6 Å². The van der Waals surface area contributed by atoms with Gasteiger partial charge in [-0.25, -0.2) is 0 Å². The van der Waals surface area contributed by atoms with Crippen LogP contribution in [0.4, 0.5) is 5.69 Å². The van der Waals surface area contributed by atoms with Crippen LogP contribution in [0.2, 0.25) is 5.02 Å². The molecule has 0 aliphatic carbocycles. The van der Waals surface area contributed by atoms with E-state index in [0.717, 1.165) is 11.1 Å². The van der Waals surface area contributed by atoms with Gasteiger partial charge in [0.15, 0.2) is 16.6 Å². The minimum atomic E-state index is -0.568. The molecule has 1 N–H and O–H groups in total. The number of anilines is 1. The van der Waals surface area contributed by atoms with Gasteiger partial charge in [0.05, 0.1) is 16.8 Å². The molecule has 2 amide bonds. The van der Waals surface area contributed by atoms with E-state index >= 15 is 0 Å². The highest BCUT2D eigenvalue weighted by Crippen LogP contribution is 2.38. The second-order valence-corrected chi connectivity index (χ2v) is 9.58. The number of benzene rings is 3. The molecule has 1 saturated heterocycles. The molecule has 1 aliphatic heterocycles. The monoisotopic (exact) mass is 584 g/mol. The third kappa shape index (κ3) is 5.61. The van der Waals surface area contributed by atoms with Crippen LogP contribution < -0.4 is 19.7 Å². The first-order valence-electron chi connectivity index (χ1n) is 11.1. The molecule has 3 aromatic carbocycles. The number of halogens is 2. The van der Waals surface area contributed by atoms with Crippen molar-refractivity contribution < 1.29 is 19.1 Å². The Bertz CT molecular complexity index is 1370. The molecule has 0 bridgehead atoms. The quantitative estimate of drug-likeness (QED) is 0.203. The van der Waals surface area contributed by atoms with Crippen molar-refractivity contribution in [2.24, 2.45) is 0 Å². The topological polar surface area (TPSA) is 67.9 Å². The third-order valence-electron chi connectivity index (χ3n) is 5.37. The molecule has 3 aromatic rings. The number of carbonyl (C=O) groups excluding carboxylic acids is 2. The molecule has 0 aromatic heterocycles. The third-order valence-corrected chi connectivity index (χ3v) is 6.61. The molecule has 0 radical (unpaired) electrons. The van der Waals surface area contributed by atoms with Crippen LogP contribution in [0.3, 0.4) is 0 Å². The maximum Gasteiger partial charge on any atom is 0.270 e. The highest BCUT2D eigenvalue weighted by atomic mass is 79.9. The fourth-order valence-corrected chi connectivity index (χ4v) is 4.64. The van der Waals surface area contributed by atoms with Crippen molar-refractivity contribution in [3.8, 4) is 11.5 Å². The summed E-state index contributed by atoms with van der Waals surface area (Å²) in [6.07, 6.45) is 1.51. The summed E-state index contributed by atoms with van der Waals surface area (Å²) in [7, 11) is 0. The number of thiocarbonyl (C=S) groups is 1. The molecule has 1 aliphatic rings. The van der Waals surface area contributed by atoms with Gasteiger partial charge < -0.3 is 9.47 Å². The average Bonchev–Trinajstić information content (AvgIpc) is 2.83. The zero-order chi connectivity index (χ0) is 25.8. The van der Waals surface area contributed by atoms with Crippen molar-refractivity contribution >= 4 is 68.4 Å². The Morgan fingerprint density at radius 1 is 1.08 bits per heavy atom. The smallest absolute Gasteiger partial charge is 0.270 e. The van der Waals surface area contributed by atoms with Gasteiger partial charge in [0.1, 0.15) is 12.2 Å². The van der Waals surface area contributed by atoms with Crippen molar-refractivity contribution in [3.05, 3.63) is 92.4 Å². The van der Waals surface area contributed by atoms with Crippen molar-refractivity contribution in [1.82, 2.24) is 5.32 Å². The summed E-state index contributed by atoms with van der Waals surface area (Å²) in [5.74, 6) is -0.136. The largest absolute Gasteiger partial charge is 0.490 e. The molecule has 0 saturated carbocycles. The Morgan fingerprint density at radius 2 is 1.81 bits per heavy atom. The molecule has 9 heteroatoms. The van der Waals surface area contributed by atoms with E-state index in [9.17, 15) is 9.59 Å². The van der Waals surface area contributed by atoms with Crippen LogP contribution in [0.5, 0.6) is 11.5 Å². The number of amides is 2. The summed E-state index contributed by atoms with van der Waals surface area (Å²) in [6, 6.07) is 18.2. The van der Waals surface area contributed by atoms with Gasteiger partial charge >= 0.3 is 0 Å². The van der Waals surface area contributed by atoms with Gasteiger partial charge in [-0.05, 0) is 84.0 Å². The number of ether oxygens (including phenoxy) is 2. The first-order valence-corrected chi connectivity index (χ1v) is 12.7. The maximum atomic E-state index is 13.3. The van der Waals surface area contributed by atoms with Gasteiger partial charge in [-0.1, -0.05) is 47.5 Å². The Kier molecular flexibility index (Phi) is 8.08. The summed E-state index contributed by atoms with van der Waals surface area (Å²) in [6.45, 7) is 4.44. The second kappa shape index (κ2) is 11.2. The molecule has 184 valence electrons. The van der Waals surface area contributed by atoms with Crippen LogP contribution in [-0.4, -0.2) is 23.5 Å². The highest BCUT2D eigenvalue weighted by Gasteiger charge is 2.34. The number of nitrogens with zero attached hydrogens (tertiary/aromatic N) is 1. The number of nitrogens with one attached hydrogen (secondary N) is 1. The molecular weight excluding hydrogens is 564 g/mol. The zero-order valence-corrected chi connectivity index (χ0v) is 22.7. The molecule has 1 fully saturated rings. The number of rotatable bonds is 7. The van der Waals surface area contributed by atoms with E-state index in [4.69, 9.17) is 33.3 Å². The lowest BCUT2D eigenvalue weighted by molar-refractivity contribution is -0.122. The molecule has 0 spiro atoms. The van der Waals surface area contributed by atoms with Crippen LogP contribution in [0.15, 0.2) is 70.7 Å². The normalized spacial score (nSPS) is 14.7. The van der Waals surface area contributed by atoms with Gasteiger partial charge in [-0.3, -0.25) is 19.8 Å². The van der Waals surface area contributed by atoms with Crippen molar-refractivity contribution in [1.29, 1.82) is 0 Å². The fraction of sp³-hybridized carbons (Fsp3) is 0.148. The van der Waals surface area contributed by atoms with Crippen LogP contribution in [-0.2, 0) is 16.2 Å². The Labute approximate surface area is 228 Å². The molecule has 4 rings (SSSR count). The van der Waals surface area contributed by atoms with E-state index in [1.807, 2.05) is 44.2 Å². The van der Waals surface area contributed by atoms with E-state index in [2.05, 4.69) is 21.2 Å². The number of carbonyl (C=O) groups is 2. The van der Waals surface area contributed by atoms with Crippen LogP contribution in [0.1, 0.15) is 23.6 Å². The van der Waals surface area contributed by atoms with Gasteiger partial charge in [0.25, 0.3) is 11.8 Å². The number of hydrogen-bond acceptors (Lipinski definition) is 5. The lowest BCUT2D eigenvalue weighted by Crippen LogP contribution is -2.54. The number of aryl methyl sites for hydroxylation is 1. The minimum Gasteiger partial charge on any atom is -0.490 e. The molecular formula is C27H22BrClN2O4S. The van der Waals surface area contributed by atoms with Crippen LogP contribution in [0.25, 0.3) is 6.08 Å². The predicted molar refractivity (Wildman–Crippen MR) is 148 cm³/mol. The highest BCUT2D eigenvalue weighted by molar-refractivity contribution is 9.10. The lowest BCUT2D eigenvalue weighted by Gasteiger charge is -2.29. The zero-order valence-electron chi connectivity index (χ0n) is 19.5. The van der Waals surface area contributed by atoms with Crippen LogP contribution in [0, 0.1) is 6.92 Å². The summed E-state index contributed by atoms with van der Waals surface area (Å²) >= 11 is 15.1. The molecule has 0 atom stereocenters. The summed E-state index contributed by atoms with van der Waals surface area (Å²) in [4.78, 5) is 27.3. The summed E-state index contributed by atoms with van der Waals surface area (Å²) in [5.41, 5.74) is 2.96. The van der Waals surface area contributed by atoms with E-state index in [-0.39, 0.29) is 17.3 Å². The minimum absolute atomic E-state index is 0.0329. The standard InChI is InChI=1S/C27H22BrClN2O4S/c1-3-34-23-14-17(13-21(28)24(23)35-15-18-6-4-5-7-22(18)29)12-20-25(32)30-27(36)31(26(20)33)19-10-8-16(2)9-11-19/h4-14H,3,15H2,1-2H3,(H,30,32,36). The summed E-state index contributed by atoms with van der Waals surface area (Å²) < 4.78 is 12.4.